The highest BCUT2D eigenvalue weighted by molar-refractivity contribution is 7.92. The van der Waals surface area contributed by atoms with Gasteiger partial charge in [0.2, 0.25) is 11.8 Å². The summed E-state index contributed by atoms with van der Waals surface area (Å²) in [7, 11) is -2.82. The van der Waals surface area contributed by atoms with Gasteiger partial charge in [-0.25, -0.2) is 8.42 Å². The average Bonchev–Trinajstić information content (AvgIpc) is 2.91. The van der Waals surface area contributed by atoms with Gasteiger partial charge in [0.05, 0.1) is 22.7 Å². The normalized spacial score (nSPS) is 12.1. The Balaban J connectivity index is 2.11. The fourth-order valence-electron chi connectivity index (χ4n) is 4.02. The number of anilines is 1. The van der Waals surface area contributed by atoms with E-state index in [1.54, 1.807) is 51.1 Å². The number of halogens is 3. The molecule has 0 radical (unpaired) electrons. The lowest BCUT2D eigenvalue weighted by Crippen LogP contribution is -2.52. The number of amides is 2. The van der Waals surface area contributed by atoms with Crippen molar-refractivity contribution in [2.24, 2.45) is 0 Å². The van der Waals surface area contributed by atoms with Gasteiger partial charge in [0, 0.05) is 28.2 Å². The number of benzene rings is 3. The molecule has 8 nitrogen and oxygen atoms in total. The quantitative estimate of drug-likeness (QED) is 0.273. The third-order valence-corrected chi connectivity index (χ3v) is 9.09. The molecule has 0 saturated carbocycles. The maximum Gasteiger partial charge on any atom is 0.264 e. The number of hydrogen-bond acceptors (Lipinski definition) is 5. The van der Waals surface area contributed by atoms with E-state index in [4.69, 9.17) is 39.5 Å². The van der Waals surface area contributed by atoms with E-state index in [2.05, 4.69) is 5.32 Å². The maximum absolute atomic E-state index is 14.0. The third kappa shape index (κ3) is 7.86. The van der Waals surface area contributed by atoms with Gasteiger partial charge in [-0.2, -0.15) is 0 Å². The summed E-state index contributed by atoms with van der Waals surface area (Å²) in [5.74, 6) is -0.740. The Kier molecular flexibility index (Phi) is 10.9. The molecule has 3 rings (SSSR count). The largest absolute Gasteiger partial charge is 0.495 e. The van der Waals surface area contributed by atoms with E-state index in [1.165, 1.54) is 42.3 Å². The first-order valence-corrected chi connectivity index (χ1v) is 15.3. The highest BCUT2D eigenvalue weighted by Gasteiger charge is 2.33. The van der Waals surface area contributed by atoms with Crippen LogP contribution in [-0.2, 0) is 26.2 Å². The van der Waals surface area contributed by atoms with Gasteiger partial charge in [0.15, 0.2) is 0 Å². The smallest absolute Gasteiger partial charge is 0.264 e. The van der Waals surface area contributed by atoms with Crippen molar-refractivity contribution >= 4 is 62.3 Å². The summed E-state index contributed by atoms with van der Waals surface area (Å²) in [6.07, 6.45) is 0. The fraction of sp³-hybridized carbons (Fsp3) is 0.310. The molecule has 0 heterocycles. The van der Waals surface area contributed by atoms with Gasteiger partial charge in [0.1, 0.15) is 18.3 Å². The number of ether oxygens (including phenoxy) is 1. The molecule has 0 fully saturated rings. The van der Waals surface area contributed by atoms with Gasteiger partial charge in [-0.3, -0.25) is 13.9 Å². The van der Waals surface area contributed by atoms with Crippen LogP contribution in [0, 0.1) is 6.92 Å². The van der Waals surface area contributed by atoms with Crippen LogP contribution in [-0.4, -0.2) is 50.9 Å². The second kappa shape index (κ2) is 13.8. The van der Waals surface area contributed by atoms with Crippen molar-refractivity contribution in [3.05, 3.63) is 86.9 Å². The van der Waals surface area contributed by atoms with Crippen LogP contribution < -0.4 is 14.4 Å². The molecule has 3 aromatic rings. The Morgan fingerprint density at radius 3 is 2.07 bits per heavy atom. The summed E-state index contributed by atoms with van der Waals surface area (Å²) in [5, 5.41) is 3.56. The van der Waals surface area contributed by atoms with Crippen LogP contribution in [0.15, 0.2) is 65.6 Å². The lowest BCUT2D eigenvalue weighted by Gasteiger charge is -2.32. The first-order valence-electron chi connectivity index (χ1n) is 12.7. The summed E-state index contributed by atoms with van der Waals surface area (Å²) in [6, 6.07) is 14.4. The zero-order valence-corrected chi connectivity index (χ0v) is 26.4. The highest BCUT2D eigenvalue weighted by atomic mass is 35.5. The van der Waals surface area contributed by atoms with Crippen LogP contribution in [0.25, 0.3) is 0 Å². The molecule has 1 atom stereocenters. The van der Waals surface area contributed by atoms with Gasteiger partial charge >= 0.3 is 0 Å². The van der Waals surface area contributed by atoms with Gasteiger partial charge in [-0.1, -0.05) is 58.6 Å². The lowest BCUT2D eigenvalue weighted by atomic mass is 10.1. The maximum atomic E-state index is 14.0. The van der Waals surface area contributed by atoms with E-state index in [-0.39, 0.29) is 28.2 Å². The number of nitrogens with zero attached hydrogens (tertiary/aromatic N) is 2. The molecular weight excluding hydrogens is 609 g/mol. The number of carbonyl (C=O) groups excluding carboxylic acids is 2. The molecule has 0 spiro atoms. The fourth-order valence-corrected chi connectivity index (χ4v) is 6.19. The van der Waals surface area contributed by atoms with Crippen molar-refractivity contribution in [1.82, 2.24) is 10.2 Å². The monoisotopic (exact) mass is 639 g/mol. The summed E-state index contributed by atoms with van der Waals surface area (Å²) in [4.78, 5) is 28.3. The zero-order valence-electron chi connectivity index (χ0n) is 23.3. The second-order valence-electron chi connectivity index (χ2n) is 9.70. The zero-order chi connectivity index (χ0) is 30.5. The number of sulfonamides is 1. The highest BCUT2D eigenvalue weighted by Crippen LogP contribution is 2.33. The number of carbonyl (C=O) groups is 2. The molecule has 12 heteroatoms. The van der Waals surface area contributed by atoms with Crippen molar-refractivity contribution in [3.63, 3.8) is 0 Å². The Hall–Kier alpha value is -2.98. The Bertz CT molecular complexity index is 1490. The predicted octanol–water partition coefficient (Wildman–Crippen LogP) is 6.10. The van der Waals surface area contributed by atoms with Crippen LogP contribution in [0.1, 0.15) is 31.9 Å². The van der Waals surface area contributed by atoms with E-state index in [0.29, 0.717) is 21.4 Å². The minimum atomic E-state index is -4.26. The molecule has 41 heavy (non-hydrogen) atoms. The van der Waals surface area contributed by atoms with E-state index < -0.39 is 34.4 Å². The molecule has 0 bridgehead atoms. The molecule has 3 aromatic carbocycles. The predicted molar refractivity (Wildman–Crippen MR) is 163 cm³/mol. The van der Waals surface area contributed by atoms with Gasteiger partial charge in [-0.15, -0.1) is 0 Å². The summed E-state index contributed by atoms with van der Waals surface area (Å²) in [6.45, 7) is 6.22. The van der Waals surface area contributed by atoms with Gasteiger partial charge in [-0.05, 0) is 70.2 Å². The molecule has 0 unspecified atom stereocenters. The minimum absolute atomic E-state index is 0.0193. The van der Waals surface area contributed by atoms with Crippen LogP contribution in [0.5, 0.6) is 5.75 Å². The number of hydrogen-bond donors (Lipinski definition) is 1. The first kappa shape index (κ1) is 32.5. The van der Waals surface area contributed by atoms with E-state index in [9.17, 15) is 18.0 Å². The molecule has 0 saturated heterocycles. The van der Waals surface area contributed by atoms with Crippen LogP contribution in [0.3, 0.4) is 0 Å². The molecule has 2 amide bonds. The van der Waals surface area contributed by atoms with E-state index in [1.807, 2.05) is 6.92 Å². The second-order valence-corrected chi connectivity index (χ2v) is 12.8. The van der Waals surface area contributed by atoms with Crippen LogP contribution >= 0.6 is 34.8 Å². The standard InChI is InChI=1S/C29H32Cl3N3O5S/c1-18(2)33-29(37)20(4)34(16-23-24(30)7-6-8-25(23)31)28(36)17-35(21-11-14-27(40-5)26(32)15-21)41(38,39)22-12-9-19(3)10-13-22/h6-15,18,20H,16-17H2,1-5H3,(H,33,37)/t20-/m1/s1. The van der Waals surface area contributed by atoms with Crippen molar-refractivity contribution in [3.8, 4) is 5.75 Å². The average molecular weight is 641 g/mol. The Labute approximate surface area is 256 Å². The number of rotatable bonds is 11. The number of aryl methyl sites for hydroxylation is 1. The van der Waals surface area contributed by atoms with Crippen LogP contribution in [0.4, 0.5) is 5.69 Å². The summed E-state index contributed by atoms with van der Waals surface area (Å²) >= 11 is 19.2. The van der Waals surface area contributed by atoms with Crippen molar-refractivity contribution in [1.29, 1.82) is 0 Å². The molecule has 0 aliphatic carbocycles. The molecular formula is C29H32Cl3N3O5S. The lowest BCUT2D eigenvalue weighted by molar-refractivity contribution is -0.139. The summed E-state index contributed by atoms with van der Waals surface area (Å²) < 4.78 is 34.1. The molecule has 0 aliphatic rings. The minimum Gasteiger partial charge on any atom is -0.495 e. The molecule has 0 aromatic heterocycles. The van der Waals surface area contributed by atoms with Crippen molar-refractivity contribution in [2.45, 2.75) is 51.2 Å². The Morgan fingerprint density at radius 1 is 0.927 bits per heavy atom. The van der Waals surface area contributed by atoms with Gasteiger partial charge in [0.25, 0.3) is 10.0 Å². The number of methoxy groups -OCH3 is 1. The first-order chi connectivity index (χ1) is 19.3. The van der Waals surface area contributed by atoms with Crippen molar-refractivity contribution in [2.75, 3.05) is 18.0 Å². The van der Waals surface area contributed by atoms with Crippen LogP contribution in [0.2, 0.25) is 15.1 Å². The molecule has 0 aliphatic heterocycles. The Morgan fingerprint density at radius 2 is 1.54 bits per heavy atom. The molecule has 220 valence electrons. The van der Waals surface area contributed by atoms with Gasteiger partial charge < -0.3 is 15.0 Å². The topological polar surface area (TPSA) is 96.0 Å². The summed E-state index contributed by atoms with van der Waals surface area (Å²) in [5.41, 5.74) is 1.43. The third-order valence-electron chi connectivity index (χ3n) is 6.30. The SMILES string of the molecule is COc1ccc(N(CC(=O)N(Cc2c(Cl)cccc2Cl)[C@H](C)C(=O)NC(C)C)S(=O)(=O)c2ccc(C)cc2)cc1Cl. The number of nitrogens with one attached hydrogen (secondary N) is 1. The van der Waals surface area contributed by atoms with Crippen molar-refractivity contribution < 1.29 is 22.7 Å². The van der Waals surface area contributed by atoms with E-state index in [0.717, 1.165) is 9.87 Å². The van der Waals surface area contributed by atoms with E-state index >= 15 is 0 Å². The molecule has 1 N–H and O–H groups in total.